The van der Waals surface area contributed by atoms with Crippen molar-refractivity contribution in [3.05, 3.63) is 65.0 Å². The number of aliphatic hydroxyl groups is 1. The van der Waals surface area contributed by atoms with Gasteiger partial charge >= 0.3 is 0 Å². The number of hydrogen-bond acceptors (Lipinski definition) is 5. The van der Waals surface area contributed by atoms with Crippen LogP contribution in [-0.4, -0.2) is 39.5 Å². The fourth-order valence-corrected chi connectivity index (χ4v) is 6.69. The number of pyridine rings is 1. The summed E-state index contributed by atoms with van der Waals surface area (Å²) in [4.78, 5) is 20.1. The van der Waals surface area contributed by atoms with Crippen molar-refractivity contribution in [2.45, 2.75) is 62.3 Å². The highest BCUT2D eigenvalue weighted by molar-refractivity contribution is 5.91. The molecule has 32 heavy (non-hydrogen) atoms. The van der Waals surface area contributed by atoms with Gasteiger partial charge in [0.25, 0.3) is 5.91 Å². The van der Waals surface area contributed by atoms with E-state index in [2.05, 4.69) is 28.5 Å². The first-order valence-corrected chi connectivity index (χ1v) is 12.1. The molecule has 3 heterocycles. The zero-order chi connectivity index (χ0) is 21.9. The number of aromatic nitrogens is 1. The summed E-state index contributed by atoms with van der Waals surface area (Å²) in [5, 5.41) is 15.7. The van der Waals surface area contributed by atoms with Crippen LogP contribution in [0.2, 0.25) is 0 Å². The van der Waals surface area contributed by atoms with E-state index in [1.54, 1.807) is 12.4 Å². The zero-order valence-electron chi connectivity index (χ0n) is 18.5. The quantitative estimate of drug-likeness (QED) is 0.691. The molecule has 4 aliphatic rings. The molecule has 2 saturated carbocycles. The molecule has 0 spiro atoms. The van der Waals surface area contributed by atoms with Gasteiger partial charge in [-0.2, -0.15) is 0 Å². The molecule has 0 radical (unpaired) electrons. The van der Waals surface area contributed by atoms with E-state index in [9.17, 15) is 9.90 Å². The Bertz CT molecular complexity index is 1040. The lowest BCUT2D eigenvalue weighted by Gasteiger charge is -2.50. The van der Waals surface area contributed by atoms with Crippen molar-refractivity contribution in [1.29, 1.82) is 0 Å². The predicted molar refractivity (Wildman–Crippen MR) is 121 cm³/mol. The second kappa shape index (κ2) is 7.37. The maximum absolute atomic E-state index is 14.2. The molecule has 6 rings (SSSR count). The van der Waals surface area contributed by atoms with Gasteiger partial charge in [0.05, 0.1) is 5.54 Å². The molecule has 6 nitrogen and oxygen atoms in total. The van der Waals surface area contributed by atoms with Gasteiger partial charge in [0.1, 0.15) is 6.17 Å². The molecule has 0 bridgehead atoms. The summed E-state index contributed by atoms with van der Waals surface area (Å²) >= 11 is 0. The number of nitrogens with zero attached hydrogens (tertiary/aromatic N) is 2. The normalized spacial score (nSPS) is 34.3. The number of carbonyl (C=O) groups is 1. The van der Waals surface area contributed by atoms with Crippen molar-refractivity contribution < 1.29 is 9.90 Å². The predicted octanol–water partition coefficient (Wildman–Crippen LogP) is 2.60. The summed E-state index contributed by atoms with van der Waals surface area (Å²) in [7, 11) is 0. The van der Waals surface area contributed by atoms with E-state index in [1.165, 1.54) is 6.42 Å². The number of hydrogen-bond donors (Lipinski definition) is 3. The third kappa shape index (κ3) is 2.89. The number of carbonyl (C=O) groups excluding carboxylic acids is 1. The third-order valence-corrected chi connectivity index (χ3v) is 8.52. The minimum absolute atomic E-state index is 0.0587. The SMILES string of the molecule is NC1c2ccc(Cc3ccncc3)cc2C(O)(C2CCCCC2)C(=O)N1C12CNC[C@@H]1C2. The highest BCUT2D eigenvalue weighted by Gasteiger charge is 2.67. The smallest absolute Gasteiger partial charge is 0.261 e. The molecule has 4 N–H and O–H groups in total. The third-order valence-electron chi connectivity index (χ3n) is 8.52. The van der Waals surface area contributed by atoms with Crippen molar-refractivity contribution in [2.24, 2.45) is 17.6 Å². The summed E-state index contributed by atoms with van der Waals surface area (Å²) in [6, 6.07) is 10.2. The average molecular weight is 433 g/mol. The lowest BCUT2D eigenvalue weighted by molar-refractivity contribution is -0.171. The molecule has 2 aliphatic carbocycles. The maximum atomic E-state index is 14.2. The minimum atomic E-state index is -1.50. The van der Waals surface area contributed by atoms with Gasteiger partial charge in [-0.3, -0.25) is 9.78 Å². The van der Waals surface area contributed by atoms with Crippen LogP contribution in [0.4, 0.5) is 0 Å². The van der Waals surface area contributed by atoms with Crippen LogP contribution >= 0.6 is 0 Å². The van der Waals surface area contributed by atoms with Gasteiger partial charge in [0.15, 0.2) is 5.60 Å². The van der Waals surface area contributed by atoms with Crippen LogP contribution in [-0.2, 0) is 16.8 Å². The summed E-state index contributed by atoms with van der Waals surface area (Å²) < 4.78 is 0. The summed E-state index contributed by atoms with van der Waals surface area (Å²) in [5.74, 6) is 0.217. The van der Waals surface area contributed by atoms with Crippen molar-refractivity contribution >= 4 is 5.91 Å². The second-order valence-corrected chi connectivity index (χ2v) is 10.3. The first kappa shape index (κ1) is 20.3. The van der Waals surface area contributed by atoms with E-state index < -0.39 is 11.8 Å². The first-order valence-electron chi connectivity index (χ1n) is 12.1. The van der Waals surface area contributed by atoms with E-state index in [-0.39, 0.29) is 17.4 Å². The fourth-order valence-electron chi connectivity index (χ4n) is 6.69. The van der Waals surface area contributed by atoms with Gasteiger partial charge in [-0.25, -0.2) is 0 Å². The van der Waals surface area contributed by atoms with Gasteiger partial charge in [-0.1, -0.05) is 37.5 Å². The van der Waals surface area contributed by atoms with Crippen LogP contribution in [0.15, 0.2) is 42.7 Å². The van der Waals surface area contributed by atoms with Gasteiger partial charge < -0.3 is 21.1 Å². The molecule has 2 aromatic rings. The van der Waals surface area contributed by atoms with Crippen LogP contribution in [0.1, 0.15) is 66.9 Å². The Labute approximate surface area is 189 Å². The Hall–Kier alpha value is -2.28. The van der Waals surface area contributed by atoms with Crippen molar-refractivity contribution in [3.8, 4) is 0 Å². The Morgan fingerprint density at radius 3 is 2.56 bits per heavy atom. The number of rotatable bonds is 4. The van der Waals surface area contributed by atoms with Crippen LogP contribution in [0, 0.1) is 11.8 Å². The number of fused-ring (bicyclic) bond motifs is 2. The van der Waals surface area contributed by atoms with Gasteiger partial charge in [0.2, 0.25) is 0 Å². The molecular weight excluding hydrogens is 400 g/mol. The molecule has 1 aromatic heterocycles. The standard InChI is InChI=1S/C26H32N4O2/c27-23-21-7-6-18(12-17-8-10-28-11-9-17)13-22(21)26(32,19-4-2-1-3-5-19)24(31)30(23)25-14-20(25)15-29-16-25/h6-11,13,19-20,23,29,32H,1-5,12,14-16,27H2/t20-,23?,25?,26?/m0/s1. The van der Waals surface area contributed by atoms with Crippen molar-refractivity contribution in [1.82, 2.24) is 15.2 Å². The van der Waals surface area contributed by atoms with Gasteiger partial charge in [0, 0.05) is 37.0 Å². The molecular formula is C26H32N4O2. The Morgan fingerprint density at radius 1 is 1.09 bits per heavy atom. The lowest BCUT2D eigenvalue weighted by atomic mass is 9.68. The van der Waals surface area contributed by atoms with E-state index in [1.807, 2.05) is 17.0 Å². The monoisotopic (exact) mass is 432 g/mol. The largest absolute Gasteiger partial charge is 0.375 e. The number of amides is 1. The zero-order valence-corrected chi connectivity index (χ0v) is 18.5. The number of nitrogens with two attached hydrogens (primary N) is 1. The minimum Gasteiger partial charge on any atom is -0.375 e. The van der Waals surface area contributed by atoms with Crippen LogP contribution in [0.5, 0.6) is 0 Å². The van der Waals surface area contributed by atoms with Crippen LogP contribution < -0.4 is 11.1 Å². The molecule has 168 valence electrons. The van der Waals surface area contributed by atoms with Crippen LogP contribution in [0.3, 0.4) is 0 Å². The molecule has 6 heteroatoms. The second-order valence-electron chi connectivity index (χ2n) is 10.3. The van der Waals surface area contributed by atoms with E-state index in [0.29, 0.717) is 5.92 Å². The molecule has 1 saturated heterocycles. The summed E-state index contributed by atoms with van der Waals surface area (Å²) in [5.41, 5.74) is 8.95. The fraction of sp³-hybridized carbons (Fsp3) is 0.538. The van der Waals surface area contributed by atoms with E-state index >= 15 is 0 Å². The van der Waals surface area contributed by atoms with E-state index in [4.69, 9.17) is 5.73 Å². The first-order chi connectivity index (χ1) is 15.5. The molecule has 2 aliphatic heterocycles. The number of piperidine rings is 1. The Morgan fingerprint density at radius 2 is 1.88 bits per heavy atom. The van der Waals surface area contributed by atoms with Crippen LogP contribution in [0.25, 0.3) is 0 Å². The number of benzene rings is 1. The van der Waals surface area contributed by atoms with Gasteiger partial charge in [-0.05, 0) is 60.4 Å². The summed E-state index contributed by atoms with van der Waals surface area (Å²) in [6.45, 7) is 1.70. The Kier molecular flexibility index (Phi) is 4.68. The topological polar surface area (TPSA) is 91.5 Å². The average Bonchev–Trinajstić information content (AvgIpc) is 3.38. The van der Waals surface area contributed by atoms with Crippen molar-refractivity contribution in [2.75, 3.05) is 13.1 Å². The lowest BCUT2D eigenvalue weighted by Crippen LogP contribution is -2.63. The highest BCUT2D eigenvalue weighted by Crippen LogP contribution is 2.57. The molecule has 1 aromatic carbocycles. The maximum Gasteiger partial charge on any atom is 0.261 e. The molecule has 3 fully saturated rings. The van der Waals surface area contributed by atoms with Gasteiger partial charge in [-0.15, -0.1) is 0 Å². The molecule has 4 atom stereocenters. The molecule has 3 unspecified atom stereocenters. The Balaban J connectivity index is 1.45. The number of nitrogens with one attached hydrogen (secondary N) is 1. The van der Waals surface area contributed by atoms with E-state index in [0.717, 1.165) is 73.9 Å². The van der Waals surface area contributed by atoms with Crippen molar-refractivity contribution in [3.63, 3.8) is 0 Å². The highest BCUT2D eigenvalue weighted by atomic mass is 16.3. The molecule has 1 amide bonds. The summed E-state index contributed by atoms with van der Waals surface area (Å²) in [6.07, 6.45) is 9.86.